The van der Waals surface area contributed by atoms with E-state index < -0.39 is 0 Å². The summed E-state index contributed by atoms with van der Waals surface area (Å²) in [6.07, 6.45) is 2.46. The van der Waals surface area contributed by atoms with Gasteiger partial charge >= 0.3 is 0 Å². The van der Waals surface area contributed by atoms with Crippen molar-refractivity contribution in [1.82, 2.24) is 5.43 Å². The number of hydrogen-bond acceptors (Lipinski definition) is 4. The average Bonchev–Trinajstić information content (AvgIpc) is 2.19. The molecule has 4 nitrogen and oxygen atoms in total. The fourth-order valence-electron chi connectivity index (χ4n) is 1.46. The zero-order chi connectivity index (χ0) is 11.7. The van der Waals surface area contributed by atoms with E-state index in [-0.39, 0.29) is 18.2 Å². The molecule has 3 N–H and O–H groups in total. The fourth-order valence-corrected chi connectivity index (χ4v) is 1.46. The molecule has 0 radical (unpaired) electrons. The molecule has 92 valence electrons. The van der Waals surface area contributed by atoms with Crippen molar-refractivity contribution in [3.05, 3.63) is 0 Å². The largest absolute Gasteiger partial charge is 0.377 e. The van der Waals surface area contributed by atoms with E-state index in [0.717, 1.165) is 12.8 Å². The van der Waals surface area contributed by atoms with Gasteiger partial charge in [-0.3, -0.25) is 11.3 Å². The standard InChI is InChI=1S/C11H26N2O2/c1-5-7-11(14-6-2)10(13-12)8-15-9(3)4/h9-11,13H,5-8,12H2,1-4H3. The van der Waals surface area contributed by atoms with Gasteiger partial charge in [-0.2, -0.15) is 0 Å². The summed E-state index contributed by atoms with van der Waals surface area (Å²) in [4.78, 5) is 0. The first kappa shape index (κ1) is 14.8. The Morgan fingerprint density at radius 3 is 2.27 bits per heavy atom. The zero-order valence-corrected chi connectivity index (χ0v) is 10.5. The van der Waals surface area contributed by atoms with Crippen LogP contribution in [0.3, 0.4) is 0 Å². The van der Waals surface area contributed by atoms with E-state index in [9.17, 15) is 0 Å². The molecule has 0 aliphatic rings. The van der Waals surface area contributed by atoms with E-state index in [1.807, 2.05) is 20.8 Å². The van der Waals surface area contributed by atoms with Crippen LogP contribution in [0.25, 0.3) is 0 Å². The van der Waals surface area contributed by atoms with Crippen LogP contribution in [0.1, 0.15) is 40.5 Å². The van der Waals surface area contributed by atoms with E-state index in [1.54, 1.807) is 0 Å². The van der Waals surface area contributed by atoms with Crippen molar-refractivity contribution in [2.75, 3.05) is 13.2 Å². The second-order valence-corrected chi connectivity index (χ2v) is 3.94. The van der Waals surface area contributed by atoms with Crippen LogP contribution in [0.2, 0.25) is 0 Å². The molecular weight excluding hydrogens is 192 g/mol. The number of hydrogen-bond donors (Lipinski definition) is 2. The summed E-state index contributed by atoms with van der Waals surface area (Å²) in [5.74, 6) is 5.51. The highest BCUT2D eigenvalue weighted by Crippen LogP contribution is 2.08. The minimum Gasteiger partial charge on any atom is -0.377 e. The maximum atomic E-state index is 5.65. The summed E-state index contributed by atoms with van der Waals surface area (Å²) >= 11 is 0. The van der Waals surface area contributed by atoms with Gasteiger partial charge in [0.25, 0.3) is 0 Å². The number of nitrogens with two attached hydrogens (primary N) is 1. The minimum absolute atomic E-state index is 0.0762. The van der Waals surface area contributed by atoms with Crippen molar-refractivity contribution in [3.8, 4) is 0 Å². The predicted molar refractivity (Wildman–Crippen MR) is 62.5 cm³/mol. The summed E-state index contributed by atoms with van der Waals surface area (Å²) in [5, 5.41) is 0. The van der Waals surface area contributed by atoms with Crippen LogP contribution >= 0.6 is 0 Å². The molecule has 0 amide bonds. The first-order chi connectivity index (χ1) is 7.15. The Morgan fingerprint density at radius 2 is 1.87 bits per heavy atom. The molecule has 2 atom stereocenters. The lowest BCUT2D eigenvalue weighted by molar-refractivity contribution is -0.0173. The molecule has 0 bridgehead atoms. The Labute approximate surface area is 93.5 Å². The number of ether oxygens (including phenoxy) is 2. The van der Waals surface area contributed by atoms with Gasteiger partial charge in [-0.15, -0.1) is 0 Å². The second-order valence-electron chi connectivity index (χ2n) is 3.94. The monoisotopic (exact) mass is 218 g/mol. The third-order valence-electron chi connectivity index (χ3n) is 2.23. The summed E-state index contributed by atoms with van der Waals surface area (Å²) in [5.41, 5.74) is 2.78. The van der Waals surface area contributed by atoms with Crippen LogP contribution in [0.15, 0.2) is 0 Å². The molecule has 0 aliphatic carbocycles. The molecule has 15 heavy (non-hydrogen) atoms. The summed E-state index contributed by atoms with van der Waals surface area (Å²) in [7, 11) is 0. The van der Waals surface area contributed by atoms with Gasteiger partial charge in [0.15, 0.2) is 0 Å². The number of nitrogens with one attached hydrogen (secondary N) is 1. The molecule has 0 spiro atoms. The van der Waals surface area contributed by atoms with Crippen LogP contribution in [0, 0.1) is 0 Å². The van der Waals surface area contributed by atoms with Gasteiger partial charge in [-0.25, -0.2) is 0 Å². The predicted octanol–water partition coefficient (Wildman–Crippen LogP) is 1.45. The van der Waals surface area contributed by atoms with Crippen LogP contribution in [0.5, 0.6) is 0 Å². The van der Waals surface area contributed by atoms with Gasteiger partial charge in [-0.05, 0) is 27.2 Å². The molecule has 0 aromatic rings. The van der Waals surface area contributed by atoms with Crippen molar-refractivity contribution in [3.63, 3.8) is 0 Å². The van der Waals surface area contributed by atoms with Gasteiger partial charge in [0.1, 0.15) is 0 Å². The van der Waals surface area contributed by atoms with E-state index in [1.165, 1.54) is 0 Å². The summed E-state index contributed by atoms with van der Waals surface area (Å²) in [6.45, 7) is 9.48. The smallest absolute Gasteiger partial charge is 0.0763 e. The average molecular weight is 218 g/mol. The molecule has 0 aromatic heterocycles. The Morgan fingerprint density at radius 1 is 1.20 bits per heavy atom. The van der Waals surface area contributed by atoms with Gasteiger partial charge in [0.2, 0.25) is 0 Å². The number of rotatable bonds is 9. The molecule has 0 heterocycles. The molecule has 0 rings (SSSR count). The Kier molecular flexibility index (Phi) is 9.00. The maximum Gasteiger partial charge on any atom is 0.0763 e. The van der Waals surface area contributed by atoms with E-state index in [4.69, 9.17) is 15.3 Å². The van der Waals surface area contributed by atoms with Gasteiger partial charge < -0.3 is 9.47 Å². The lowest BCUT2D eigenvalue weighted by Gasteiger charge is -2.26. The first-order valence-electron chi connectivity index (χ1n) is 5.84. The van der Waals surface area contributed by atoms with E-state index in [0.29, 0.717) is 13.2 Å². The topological polar surface area (TPSA) is 56.5 Å². The molecule has 4 heteroatoms. The number of hydrazine groups is 1. The van der Waals surface area contributed by atoms with Crippen molar-refractivity contribution < 1.29 is 9.47 Å². The van der Waals surface area contributed by atoms with Gasteiger partial charge in [0, 0.05) is 6.61 Å². The van der Waals surface area contributed by atoms with E-state index in [2.05, 4.69) is 12.3 Å². The third-order valence-corrected chi connectivity index (χ3v) is 2.23. The lowest BCUT2D eigenvalue weighted by atomic mass is 10.1. The highest BCUT2D eigenvalue weighted by molar-refractivity contribution is 4.74. The zero-order valence-electron chi connectivity index (χ0n) is 10.5. The highest BCUT2D eigenvalue weighted by Gasteiger charge is 2.20. The molecular formula is C11H26N2O2. The minimum atomic E-state index is 0.0762. The first-order valence-corrected chi connectivity index (χ1v) is 5.84. The van der Waals surface area contributed by atoms with Gasteiger partial charge in [0.05, 0.1) is 24.9 Å². The molecule has 2 unspecified atom stereocenters. The Bertz CT molecular complexity index is 137. The van der Waals surface area contributed by atoms with Crippen LogP contribution < -0.4 is 11.3 Å². The van der Waals surface area contributed by atoms with Crippen LogP contribution in [0.4, 0.5) is 0 Å². The van der Waals surface area contributed by atoms with Crippen molar-refractivity contribution in [2.24, 2.45) is 5.84 Å². The second kappa shape index (κ2) is 9.09. The molecule has 0 aliphatic heterocycles. The lowest BCUT2D eigenvalue weighted by Crippen LogP contribution is -2.48. The SMILES string of the molecule is CCCC(OCC)C(COC(C)C)NN. The normalized spacial score (nSPS) is 15.6. The molecule has 0 saturated heterocycles. The molecule has 0 aromatic carbocycles. The van der Waals surface area contributed by atoms with E-state index >= 15 is 0 Å². The summed E-state index contributed by atoms with van der Waals surface area (Å²) in [6, 6.07) is 0.0762. The quantitative estimate of drug-likeness (QED) is 0.454. The van der Waals surface area contributed by atoms with Gasteiger partial charge in [-0.1, -0.05) is 13.3 Å². The van der Waals surface area contributed by atoms with Crippen LogP contribution in [-0.2, 0) is 9.47 Å². The Hall–Kier alpha value is -0.160. The molecule has 0 fully saturated rings. The molecule has 0 saturated carbocycles. The van der Waals surface area contributed by atoms with Crippen molar-refractivity contribution in [1.29, 1.82) is 0 Å². The fraction of sp³-hybridized carbons (Fsp3) is 1.00. The van der Waals surface area contributed by atoms with Crippen molar-refractivity contribution in [2.45, 2.75) is 58.8 Å². The summed E-state index contributed by atoms with van der Waals surface area (Å²) < 4.78 is 11.2. The third kappa shape index (κ3) is 6.84. The van der Waals surface area contributed by atoms with Crippen molar-refractivity contribution >= 4 is 0 Å². The maximum absolute atomic E-state index is 5.65. The van der Waals surface area contributed by atoms with Crippen LogP contribution in [-0.4, -0.2) is 31.5 Å². The Balaban J connectivity index is 4.05. The highest BCUT2D eigenvalue weighted by atomic mass is 16.5.